The average Bonchev–Trinajstić information content (AvgIpc) is 3.05. The number of hydrogen-bond donors (Lipinski definition) is 2. The van der Waals surface area contributed by atoms with E-state index in [0.29, 0.717) is 22.5 Å². The molecular formula is C17H17F4N5O. The summed E-state index contributed by atoms with van der Waals surface area (Å²) in [5.74, 6) is -1.52. The number of nitrogens with one attached hydrogen (secondary N) is 2. The molecule has 2 N–H and O–H groups in total. The molecule has 1 aliphatic heterocycles. The van der Waals surface area contributed by atoms with Crippen molar-refractivity contribution < 1.29 is 22.4 Å². The van der Waals surface area contributed by atoms with Crippen LogP contribution in [-0.4, -0.2) is 39.6 Å². The van der Waals surface area contributed by atoms with E-state index < -0.39 is 24.2 Å². The molecular weight excluding hydrogens is 366 g/mol. The van der Waals surface area contributed by atoms with Gasteiger partial charge in [-0.25, -0.2) is 14.4 Å². The lowest BCUT2D eigenvalue weighted by atomic mass is 10.1. The van der Waals surface area contributed by atoms with Crippen LogP contribution in [0.25, 0.3) is 11.3 Å². The summed E-state index contributed by atoms with van der Waals surface area (Å²) in [7, 11) is 0. The second-order valence-electron chi connectivity index (χ2n) is 6.31. The van der Waals surface area contributed by atoms with Crippen LogP contribution in [0.4, 0.5) is 17.6 Å². The molecule has 0 radical (unpaired) electrons. The standard InChI is InChI=1S/C17H17F4N5O/c1-9-2-10(5-23-15(27)14-4-12(18)8-22-14)3-13(26-9)11-6-24-16(25-7-11)17(19,20)21/h2-3,6-7,12,14,22H,4-5,8H2,1H3,(H,23,27). The van der Waals surface area contributed by atoms with Crippen LogP contribution in [0.1, 0.15) is 23.5 Å². The summed E-state index contributed by atoms with van der Waals surface area (Å²) in [6.45, 7) is 2.07. The van der Waals surface area contributed by atoms with E-state index >= 15 is 0 Å². The average molecular weight is 383 g/mol. The van der Waals surface area contributed by atoms with Crippen LogP contribution in [0.5, 0.6) is 0 Å². The fraction of sp³-hybridized carbons (Fsp3) is 0.412. The molecule has 2 unspecified atom stereocenters. The highest BCUT2D eigenvalue weighted by molar-refractivity contribution is 5.82. The Morgan fingerprint density at radius 3 is 2.59 bits per heavy atom. The molecule has 1 saturated heterocycles. The van der Waals surface area contributed by atoms with E-state index in [1.54, 1.807) is 19.1 Å². The Balaban J connectivity index is 1.71. The van der Waals surface area contributed by atoms with Gasteiger partial charge in [0.05, 0.1) is 11.7 Å². The molecule has 10 heteroatoms. The van der Waals surface area contributed by atoms with E-state index in [1.165, 1.54) is 0 Å². The summed E-state index contributed by atoms with van der Waals surface area (Å²) in [6, 6.07) is 2.82. The molecule has 144 valence electrons. The third kappa shape index (κ3) is 4.76. The molecule has 2 aromatic heterocycles. The number of carbonyl (C=O) groups is 1. The van der Waals surface area contributed by atoms with E-state index in [0.717, 1.165) is 12.4 Å². The second-order valence-corrected chi connectivity index (χ2v) is 6.31. The summed E-state index contributed by atoms with van der Waals surface area (Å²) < 4.78 is 50.9. The lowest BCUT2D eigenvalue weighted by Crippen LogP contribution is -2.40. The van der Waals surface area contributed by atoms with Gasteiger partial charge in [-0.1, -0.05) is 0 Å². The van der Waals surface area contributed by atoms with Crippen molar-refractivity contribution in [3.05, 3.63) is 41.6 Å². The topological polar surface area (TPSA) is 79.8 Å². The molecule has 3 heterocycles. The Kier molecular flexibility index (Phi) is 5.36. The van der Waals surface area contributed by atoms with Gasteiger partial charge in [-0.2, -0.15) is 13.2 Å². The Morgan fingerprint density at radius 1 is 1.30 bits per heavy atom. The minimum absolute atomic E-state index is 0.134. The van der Waals surface area contributed by atoms with Crippen molar-refractivity contribution in [2.24, 2.45) is 0 Å². The Labute approximate surface area is 152 Å². The molecule has 0 aliphatic carbocycles. The van der Waals surface area contributed by atoms with Crippen molar-refractivity contribution in [3.8, 4) is 11.3 Å². The van der Waals surface area contributed by atoms with Crippen molar-refractivity contribution in [3.63, 3.8) is 0 Å². The lowest BCUT2D eigenvalue weighted by molar-refractivity contribution is -0.145. The van der Waals surface area contributed by atoms with Crippen LogP contribution in [0, 0.1) is 6.92 Å². The lowest BCUT2D eigenvalue weighted by Gasteiger charge is -2.12. The van der Waals surface area contributed by atoms with E-state index in [1.807, 2.05) is 0 Å². The van der Waals surface area contributed by atoms with Gasteiger partial charge in [-0.3, -0.25) is 9.78 Å². The first kappa shape index (κ1) is 19.2. The highest BCUT2D eigenvalue weighted by Crippen LogP contribution is 2.27. The maximum Gasteiger partial charge on any atom is 0.451 e. The highest BCUT2D eigenvalue weighted by atomic mass is 19.4. The van der Waals surface area contributed by atoms with Gasteiger partial charge >= 0.3 is 6.18 Å². The largest absolute Gasteiger partial charge is 0.451 e. The minimum Gasteiger partial charge on any atom is -0.351 e. The van der Waals surface area contributed by atoms with Gasteiger partial charge in [0.1, 0.15) is 6.17 Å². The minimum atomic E-state index is -4.61. The maximum atomic E-state index is 13.2. The monoisotopic (exact) mass is 383 g/mol. The molecule has 2 atom stereocenters. The number of alkyl halides is 4. The number of nitrogens with zero attached hydrogens (tertiary/aromatic N) is 3. The number of carbonyl (C=O) groups excluding carboxylic acids is 1. The molecule has 27 heavy (non-hydrogen) atoms. The summed E-state index contributed by atoms with van der Waals surface area (Å²) >= 11 is 0. The third-order valence-electron chi connectivity index (χ3n) is 4.07. The Morgan fingerprint density at radius 2 is 2.00 bits per heavy atom. The molecule has 1 aliphatic rings. The molecule has 1 fully saturated rings. The Hall–Kier alpha value is -2.62. The quantitative estimate of drug-likeness (QED) is 0.792. The van der Waals surface area contributed by atoms with Gasteiger partial charge in [-0.05, 0) is 24.6 Å². The molecule has 0 bridgehead atoms. The van der Waals surface area contributed by atoms with Crippen LogP contribution in [0.3, 0.4) is 0 Å². The van der Waals surface area contributed by atoms with Crippen LogP contribution in [0.15, 0.2) is 24.5 Å². The van der Waals surface area contributed by atoms with Crippen LogP contribution in [0.2, 0.25) is 0 Å². The maximum absolute atomic E-state index is 13.2. The molecule has 6 nitrogen and oxygen atoms in total. The molecule has 0 spiro atoms. The molecule has 0 saturated carbocycles. The Bertz CT molecular complexity index is 825. The van der Waals surface area contributed by atoms with Crippen molar-refractivity contribution in [2.45, 2.75) is 38.3 Å². The molecule has 0 aromatic carbocycles. The summed E-state index contributed by atoms with van der Waals surface area (Å²) in [5.41, 5.74) is 2.06. The normalized spacial score (nSPS) is 19.9. The fourth-order valence-corrected chi connectivity index (χ4v) is 2.80. The highest BCUT2D eigenvalue weighted by Gasteiger charge is 2.34. The first-order valence-corrected chi connectivity index (χ1v) is 8.24. The molecule has 2 aromatic rings. The predicted octanol–water partition coefficient (Wildman–Crippen LogP) is 2.18. The van der Waals surface area contributed by atoms with E-state index in [9.17, 15) is 22.4 Å². The SMILES string of the molecule is Cc1cc(CNC(=O)C2CC(F)CN2)cc(-c2cnc(C(F)(F)F)nc2)n1. The number of amides is 1. The van der Waals surface area contributed by atoms with Crippen LogP contribution >= 0.6 is 0 Å². The number of hydrogen-bond acceptors (Lipinski definition) is 5. The van der Waals surface area contributed by atoms with Crippen molar-refractivity contribution in [1.29, 1.82) is 0 Å². The summed E-state index contributed by atoms with van der Waals surface area (Å²) in [6.07, 6.45) is -3.39. The van der Waals surface area contributed by atoms with Crippen molar-refractivity contribution in [1.82, 2.24) is 25.6 Å². The molecule has 1 amide bonds. The van der Waals surface area contributed by atoms with Crippen molar-refractivity contribution >= 4 is 5.91 Å². The second kappa shape index (κ2) is 7.55. The van der Waals surface area contributed by atoms with Crippen LogP contribution < -0.4 is 10.6 Å². The number of pyridine rings is 1. The zero-order valence-electron chi connectivity index (χ0n) is 14.3. The zero-order valence-corrected chi connectivity index (χ0v) is 14.3. The van der Waals surface area contributed by atoms with Gasteiger partial charge in [0.2, 0.25) is 11.7 Å². The van der Waals surface area contributed by atoms with E-state index in [-0.39, 0.29) is 25.4 Å². The summed E-state index contributed by atoms with van der Waals surface area (Å²) in [5, 5.41) is 5.52. The number of aromatic nitrogens is 3. The van der Waals surface area contributed by atoms with Crippen molar-refractivity contribution in [2.75, 3.05) is 6.54 Å². The van der Waals surface area contributed by atoms with Gasteiger partial charge in [0, 0.05) is 43.2 Å². The number of aryl methyl sites for hydroxylation is 1. The predicted molar refractivity (Wildman–Crippen MR) is 88.2 cm³/mol. The van der Waals surface area contributed by atoms with Gasteiger partial charge in [0.15, 0.2) is 0 Å². The first-order chi connectivity index (χ1) is 12.7. The zero-order chi connectivity index (χ0) is 19.6. The fourth-order valence-electron chi connectivity index (χ4n) is 2.80. The smallest absolute Gasteiger partial charge is 0.351 e. The van der Waals surface area contributed by atoms with Crippen LogP contribution in [-0.2, 0) is 17.5 Å². The molecule has 3 rings (SSSR count). The first-order valence-electron chi connectivity index (χ1n) is 8.24. The van der Waals surface area contributed by atoms with Gasteiger partial charge in [-0.15, -0.1) is 0 Å². The number of halogens is 4. The summed E-state index contributed by atoms with van der Waals surface area (Å²) in [4.78, 5) is 23.0. The third-order valence-corrected chi connectivity index (χ3v) is 4.07. The van der Waals surface area contributed by atoms with Gasteiger partial charge in [0.25, 0.3) is 0 Å². The van der Waals surface area contributed by atoms with Gasteiger partial charge < -0.3 is 10.6 Å². The van der Waals surface area contributed by atoms with E-state index in [4.69, 9.17) is 0 Å². The van der Waals surface area contributed by atoms with E-state index in [2.05, 4.69) is 25.6 Å². The number of rotatable bonds is 4.